The number of benzene rings is 2. The van der Waals surface area contributed by atoms with E-state index >= 15 is 0 Å². The number of rotatable bonds is 4. The van der Waals surface area contributed by atoms with E-state index in [1.54, 1.807) is 12.1 Å². The molecule has 0 bridgehead atoms. The molecule has 0 aliphatic carbocycles. The van der Waals surface area contributed by atoms with E-state index in [0.29, 0.717) is 27.6 Å². The maximum Gasteiger partial charge on any atom is 0.279 e. The van der Waals surface area contributed by atoms with Crippen LogP contribution in [0.25, 0.3) is 10.2 Å². The number of amides is 1. The number of thiazole rings is 1. The molecule has 0 saturated heterocycles. The highest BCUT2D eigenvalue weighted by Gasteiger charge is 2.17. The molecule has 3 aromatic rings. The zero-order valence-corrected chi connectivity index (χ0v) is 17.1. The molecule has 0 radical (unpaired) electrons. The van der Waals surface area contributed by atoms with Crippen molar-refractivity contribution in [1.82, 2.24) is 4.57 Å². The molecule has 27 heavy (non-hydrogen) atoms. The fourth-order valence-corrected chi connectivity index (χ4v) is 4.07. The lowest BCUT2D eigenvalue weighted by molar-refractivity contribution is 0.0997. The number of fused-ring (bicyclic) bond motifs is 1. The van der Waals surface area contributed by atoms with Gasteiger partial charge in [-0.2, -0.15) is 4.99 Å². The Kier molecular flexibility index (Phi) is 5.23. The molecule has 142 valence electrons. The van der Waals surface area contributed by atoms with Crippen LogP contribution in [0.2, 0.25) is 0 Å². The van der Waals surface area contributed by atoms with Crippen LogP contribution >= 0.6 is 11.3 Å². The minimum atomic E-state index is -0.370. The van der Waals surface area contributed by atoms with Crippen molar-refractivity contribution < 1.29 is 19.0 Å². The van der Waals surface area contributed by atoms with Gasteiger partial charge in [0, 0.05) is 12.6 Å². The van der Waals surface area contributed by atoms with Crippen molar-refractivity contribution in [2.75, 3.05) is 21.3 Å². The number of hydrogen-bond donors (Lipinski definition) is 0. The third-order valence-electron chi connectivity index (χ3n) is 4.60. The Morgan fingerprint density at radius 1 is 1.04 bits per heavy atom. The van der Waals surface area contributed by atoms with Crippen LogP contribution in [0.15, 0.2) is 29.3 Å². The van der Waals surface area contributed by atoms with Gasteiger partial charge in [0.05, 0.1) is 31.5 Å². The highest BCUT2D eigenvalue weighted by Crippen LogP contribution is 2.38. The molecule has 6 nitrogen and oxygen atoms in total. The second-order valence-corrected chi connectivity index (χ2v) is 7.14. The normalized spacial score (nSPS) is 11.7. The number of nitrogens with zero attached hydrogens (tertiary/aromatic N) is 2. The molecule has 0 N–H and O–H groups in total. The monoisotopic (exact) mass is 386 g/mol. The van der Waals surface area contributed by atoms with Crippen LogP contribution in [0.4, 0.5) is 0 Å². The summed E-state index contributed by atoms with van der Waals surface area (Å²) in [5, 5.41) is 0. The molecule has 2 aromatic carbocycles. The maximum absolute atomic E-state index is 12.8. The molecule has 0 fully saturated rings. The summed E-state index contributed by atoms with van der Waals surface area (Å²) in [6, 6.07) is 7.36. The summed E-state index contributed by atoms with van der Waals surface area (Å²) >= 11 is 1.49. The lowest BCUT2D eigenvalue weighted by atomic mass is 10.1. The van der Waals surface area contributed by atoms with Gasteiger partial charge in [-0.25, -0.2) is 0 Å². The van der Waals surface area contributed by atoms with Crippen LogP contribution in [0, 0.1) is 13.8 Å². The largest absolute Gasteiger partial charge is 0.493 e. The van der Waals surface area contributed by atoms with Crippen LogP contribution in [0.3, 0.4) is 0 Å². The summed E-state index contributed by atoms with van der Waals surface area (Å²) in [7, 11) is 6.47. The maximum atomic E-state index is 12.8. The molecule has 1 aromatic heterocycles. The van der Waals surface area contributed by atoms with E-state index in [2.05, 4.69) is 31.0 Å². The lowest BCUT2D eigenvalue weighted by Crippen LogP contribution is -2.14. The van der Waals surface area contributed by atoms with E-state index in [9.17, 15) is 4.79 Å². The van der Waals surface area contributed by atoms with Gasteiger partial charge < -0.3 is 18.8 Å². The molecule has 1 heterocycles. The Balaban J connectivity index is 2.14. The van der Waals surface area contributed by atoms with Crippen molar-refractivity contribution in [3.63, 3.8) is 0 Å². The van der Waals surface area contributed by atoms with Crippen molar-refractivity contribution in [2.45, 2.75) is 13.8 Å². The minimum Gasteiger partial charge on any atom is -0.493 e. The van der Waals surface area contributed by atoms with Crippen molar-refractivity contribution in [3.8, 4) is 17.2 Å². The van der Waals surface area contributed by atoms with Crippen molar-refractivity contribution in [2.24, 2.45) is 12.0 Å². The first-order valence-electron chi connectivity index (χ1n) is 8.36. The van der Waals surface area contributed by atoms with Gasteiger partial charge in [-0.05, 0) is 43.2 Å². The fraction of sp³-hybridized carbons (Fsp3) is 0.300. The van der Waals surface area contributed by atoms with E-state index in [1.165, 1.54) is 43.8 Å². The lowest BCUT2D eigenvalue weighted by Gasteiger charge is -2.12. The van der Waals surface area contributed by atoms with Gasteiger partial charge in [-0.3, -0.25) is 4.79 Å². The number of aromatic nitrogens is 1. The number of methoxy groups -OCH3 is 3. The Hall–Kier alpha value is -2.80. The van der Waals surface area contributed by atoms with Crippen LogP contribution in [-0.4, -0.2) is 31.8 Å². The molecule has 0 atom stereocenters. The number of hydrogen-bond acceptors (Lipinski definition) is 5. The average molecular weight is 386 g/mol. The van der Waals surface area contributed by atoms with Crippen LogP contribution in [-0.2, 0) is 7.05 Å². The second kappa shape index (κ2) is 7.44. The number of carbonyl (C=O) groups excluding carboxylic acids is 1. The average Bonchev–Trinajstić information content (AvgIpc) is 2.99. The van der Waals surface area contributed by atoms with Crippen molar-refractivity contribution in [1.29, 1.82) is 0 Å². The Morgan fingerprint density at radius 2 is 1.67 bits per heavy atom. The van der Waals surface area contributed by atoms with Gasteiger partial charge in [0.25, 0.3) is 5.91 Å². The van der Waals surface area contributed by atoms with Crippen LogP contribution in [0.1, 0.15) is 21.5 Å². The number of aryl methyl sites for hydroxylation is 3. The summed E-state index contributed by atoms with van der Waals surface area (Å²) in [6.07, 6.45) is 0. The molecule has 0 unspecified atom stereocenters. The third kappa shape index (κ3) is 3.30. The number of ether oxygens (including phenoxy) is 3. The van der Waals surface area contributed by atoms with E-state index < -0.39 is 0 Å². The summed E-state index contributed by atoms with van der Waals surface area (Å²) < 4.78 is 19.0. The molecule has 0 saturated carbocycles. The summed E-state index contributed by atoms with van der Waals surface area (Å²) in [5.41, 5.74) is 3.86. The van der Waals surface area contributed by atoms with Gasteiger partial charge >= 0.3 is 0 Å². The zero-order chi connectivity index (χ0) is 19.7. The molecular weight excluding hydrogens is 364 g/mol. The second-order valence-electron chi connectivity index (χ2n) is 6.13. The topological polar surface area (TPSA) is 62.0 Å². The van der Waals surface area contributed by atoms with Gasteiger partial charge in [0.15, 0.2) is 16.3 Å². The predicted molar refractivity (Wildman–Crippen MR) is 106 cm³/mol. The van der Waals surface area contributed by atoms with Crippen LogP contribution in [0.5, 0.6) is 17.2 Å². The summed E-state index contributed by atoms with van der Waals surface area (Å²) in [4.78, 5) is 17.8. The van der Waals surface area contributed by atoms with E-state index in [4.69, 9.17) is 14.2 Å². The van der Waals surface area contributed by atoms with E-state index in [-0.39, 0.29) is 5.91 Å². The third-order valence-corrected chi connectivity index (χ3v) is 5.69. The van der Waals surface area contributed by atoms with Gasteiger partial charge in [0.1, 0.15) is 0 Å². The Labute approximate surface area is 161 Å². The Bertz CT molecular complexity index is 1070. The smallest absolute Gasteiger partial charge is 0.279 e. The first-order chi connectivity index (χ1) is 12.9. The summed E-state index contributed by atoms with van der Waals surface area (Å²) in [5.74, 6) is 0.908. The van der Waals surface area contributed by atoms with E-state index in [0.717, 1.165) is 10.2 Å². The van der Waals surface area contributed by atoms with Crippen molar-refractivity contribution >= 4 is 27.5 Å². The highest BCUT2D eigenvalue weighted by atomic mass is 32.1. The SMILES string of the molecule is COc1cc(C(=O)N=c2sc3ccc(C)c(C)c3n2C)cc(OC)c1OC. The molecular formula is C20H22N2O4S. The molecule has 7 heteroatoms. The quantitative estimate of drug-likeness (QED) is 0.687. The molecule has 0 aliphatic heterocycles. The van der Waals surface area contributed by atoms with Gasteiger partial charge in [-0.1, -0.05) is 17.4 Å². The van der Waals surface area contributed by atoms with Gasteiger partial charge in [-0.15, -0.1) is 0 Å². The van der Waals surface area contributed by atoms with E-state index in [1.807, 2.05) is 11.6 Å². The summed E-state index contributed by atoms with van der Waals surface area (Å²) in [6.45, 7) is 4.15. The Morgan fingerprint density at radius 3 is 2.22 bits per heavy atom. The number of carbonyl (C=O) groups is 1. The molecule has 0 spiro atoms. The minimum absolute atomic E-state index is 0.370. The molecule has 0 aliphatic rings. The highest BCUT2D eigenvalue weighted by molar-refractivity contribution is 7.16. The van der Waals surface area contributed by atoms with Crippen molar-refractivity contribution in [3.05, 3.63) is 45.8 Å². The molecule has 3 rings (SSSR count). The zero-order valence-electron chi connectivity index (χ0n) is 16.2. The first-order valence-corrected chi connectivity index (χ1v) is 9.17. The standard InChI is InChI=1S/C20H22N2O4S/c1-11-7-8-16-17(12(11)2)22(3)20(27-16)21-19(23)13-9-14(24-4)18(26-6)15(10-13)25-5/h7-10H,1-6H3. The first kappa shape index (κ1) is 19.0. The molecule has 1 amide bonds. The van der Waals surface area contributed by atoms with Crippen LogP contribution < -0.4 is 19.0 Å². The fourth-order valence-electron chi connectivity index (χ4n) is 2.99. The van der Waals surface area contributed by atoms with Gasteiger partial charge in [0.2, 0.25) is 5.75 Å². The predicted octanol–water partition coefficient (Wildman–Crippen LogP) is 3.62.